The van der Waals surface area contributed by atoms with Crippen molar-refractivity contribution < 1.29 is 0 Å². The van der Waals surface area contributed by atoms with Gasteiger partial charge in [-0.25, -0.2) is 0 Å². The second-order valence-electron chi connectivity index (χ2n) is 3.25. The molecule has 72 valence electrons. The summed E-state index contributed by atoms with van der Waals surface area (Å²) in [6.07, 6.45) is 4.39. The Morgan fingerprint density at radius 3 is 3.23 bits per heavy atom. The van der Waals surface area contributed by atoms with E-state index in [4.69, 9.17) is 0 Å². The molecule has 0 aromatic carbocycles. The largest absolute Gasteiger partial charge is 0.371 e. The normalized spacial score (nSPS) is 28.7. The van der Waals surface area contributed by atoms with Crippen molar-refractivity contribution in [2.24, 2.45) is 0 Å². The Kier molecular flexibility index (Phi) is 3.05. The lowest BCUT2D eigenvalue weighted by Gasteiger charge is -2.28. The van der Waals surface area contributed by atoms with Crippen molar-refractivity contribution in [3.63, 3.8) is 0 Å². The molecule has 1 aliphatic rings. The molecule has 1 saturated heterocycles. The fourth-order valence-corrected chi connectivity index (χ4v) is 3.15. The molecule has 5 heteroatoms. The number of hydrogen-bond donors (Lipinski definition) is 1. The Balaban J connectivity index is 1.93. The first kappa shape index (κ1) is 9.27. The highest BCUT2D eigenvalue weighted by atomic mass is 32.2. The summed E-state index contributed by atoms with van der Waals surface area (Å²) in [5, 5.41) is 9.10. The number of aromatic nitrogens is 2. The highest BCUT2D eigenvalue weighted by Gasteiger charge is 2.21. The van der Waals surface area contributed by atoms with Crippen LogP contribution in [0.4, 0.5) is 5.00 Å². The van der Waals surface area contributed by atoms with Gasteiger partial charge in [0.1, 0.15) is 5.00 Å². The van der Waals surface area contributed by atoms with Gasteiger partial charge in [0, 0.05) is 22.8 Å². The van der Waals surface area contributed by atoms with Crippen molar-refractivity contribution >= 4 is 28.3 Å². The maximum absolute atomic E-state index is 3.84. The smallest absolute Gasteiger partial charge is 0.130 e. The van der Waals surface area contributed by atoms with Crippen LogP contribution < -0.4 is 5.32 Å². The Morgan fingerprint density at radius 1 is 1.62 bits per heavy atom. The molecule has 1 aliphatic heterocycles. The Morgan fingerprint density at radius 2 is 2.54 bits per heavy atom. The van der Waals surface area contributed by atoms with Gasteiger partial charge in [0.25, 0.3) is 0 Å². The molecule has 2 unspecified atom stereocenters. The number of anilines is 1. The van der Waals surface area contributed by atoms with Crippen molar-refractivity contribution in [2.45, 2.75) is 31.1 Å². The lowest BCUT2D eigenvalue weighted by Crippen LogP contribution is -2.32. The Bertz CT molecular complexity index is 250. The first-order valence-corrected chi connectivity index (χ1v) is 6.34. The summed E-state index contributed by atoms with van der Waals surface area (Å²) in [6.45, 7) is 2.29. The van der Waals surface area contributed by atoms with Gasteiger partial charge in [-0.3, -0.25) is 0 Å². The van der Waals surface area contributed by atoms with Crippen LogP contribution in [-0.4, -0.2) is 26.6 Å². The zero-order valence-corrected chi connectivity index (χ0v) is 9.20. The van der Waals surface area contributed by atoms with E-state index in [-0.39, 0.29) is 0 Å². The number of nitrogens with zero attached hydrogens (tertiary/aromatic N) is 2. The molecular weight excluding hydrogens is 202 g/mol. The third-order valence-corrected chi connectivity index (χ3v) is 4.27. The van der Waals surface area contributed by atoms with Crippen molar-refractivity contribution in [3.8, 4) is 0 Å². The highest BCUT2D eigenvalue weighted by molar-refractivity contribution is 8.00. The van der Waals surface area contributed by atoms with Crippen LogP contribution in [0.3, 0.4) is 0 Å². The molecule has 0 saturated carbocycles. The quantitative estimate of drug-likeness (QED) is 0.821. The summed E-state index contributed by atoms with van der Waals surface area (Å²) in [4.78, 5) is 0. The second kappa shape index (κ2) is 4.28. The van der Waals surface area contributed by atoms with Crippen LogP contribution in [0, 0.1) is 0 Å². The van der Waals surface area contributed by atoms with Crippen LogP contribution in [-0.2, 0) is 0 Å². The fraction of sp³-hybridized carbons (Fsp3) is 0.750. The molecule has 2 rings (SSSR count). The van der Waals surface area contributed by atoms with E-state index >= 15 is 0 Å². The second-order valence-corrected chi connectivity index (χ2v) is 5.52. The monoisotopic (exact) mass is 215 g/mol. The molecule has 1 aromatic rings. The molecule has 0 aliphatic carbocycles. The maximum Gasteiger partial charge on any atom is 0.130 e. The van der Waals surface area contributed by atoms with E-state index in [9.17, 15) is 0 Å². The summed E-state index contributed by atoms with van der Waals surface area (Å²) in [5.41, 5.74) is 0. The topological polar surface area (TPSA) is 37.8 Å². The molecule has 0 bridgehead atoms. The zero-order valence-electron chi connectivity index (χ0n) is 7.56. The lowest BCUT2D eigenvalue weighted by molar-refractivity contribution is 0.619. The van der Waals surface area contributed by atoms with E-state index in [0.29, 0.717) is 11.3 Å². The minimum absolute atomic E-state index is 0.598. The van der Waals surface area contributed by atoms with Gasteiger partial charge in [-0.15, -0.1) is 5.10 Å². The highest BCUT2D eigenvalue weighted by Crippen LogP contribution is 2.28. The first-order chi connectivity index (χ1) is 6.36. The molecule has 1 fully saturated rings. The molecule has 0 amide bonds. The predicted octanol–water partition coefficient (Wildman–Crippen LogP) is 2.23. The summed E-state index contributed by atoms with van der Waals surface area (Å²) in [5.74, 6) is 1.31. The van der Waals surface area contributed by atoms with Crippen molar-refractivity contribution in [2.75, 3.05) is 11.1 Å². The van der Waals surface area contributed by atoms with E-state index in [0.717, 1.165) is 5.00 Å². The summed E-state index contributed by atoms with van der Waals surface area (Å²) < 4.78 is 3.84. The van der Waals surface area contributed by atoms with Gasteiger partial charge in [-0.05, 0) is 18.6 Å². The number of nitrogens with one attached hydrogen (secondary N) is 1. The third-order valence-electron chi connectivity index (χ3n) is 2.30. The number of hydrogen-bond acceptors (Lipinski definition) is 5. The van der Waals surface area contributed by atoms with Gasteiger partial charge in [0.05, 0.1) is 6.20 Å². The summed E-state index contributed by atoms with van der Waals surface area (Å²) in [7, 11) is 0. The molecule has 2 heterocycles. The van der Waals surface area contributed by atoms with E-state index in [1.165, 1.54) is 30.1 Å². The van der Waals surface area contributed by atoms with Crippen LogP contribution in [0.25, 0.3) is 0 Å². The van der Waals surface area contributed by atoms with Crippen LogP contribution >= 0.6 is 23.3 Å². The predicted molar refractivity (Wildman–Crippen MR) is 58.5 cm³/mol. The van der Waals surface area contributed by atoms with Crippen molar-refractivity contribution in [1.29, 1.82) is 0 Å². The fourth-order valence-electron chi connectivity index (χ4n) is 1.53. The van der Waals surface area contributed by atoms with E-state index < -0.39 is 0 Å². The lowest BCUT2D eigenvalue weighted by atomic mass is 10.1. The van der Waals surface area contributed by atoms with Crippen molar-refractivity contribution in [3.05, 3.63) is 6.20 Å². The SMILES string of the molecule is CC1SCCCC1Nc1cnns1. The van der Waals surface area contributed by atoms with Crippen LogP contribution in [0.15, 0.2) is 6.20 Å². The van der Waals surface area contributed by atoms with E-state index in [1.807, 2.05) is 11.8 Å². The molecule has 0 spiro atoms. The Hall–Kier alpha value is -0.290. The maximum atomic E-state index is 3.84. The van der Waals surface area contributed by atoms with Crippen LogP contribution in [0.1, 0.15) is 19.8 Å². The van der Waals surface area contributed by atoms with Crippen molar-refractivity contribution in [1.82, 2.24) is 9.59 Å². The number of thioether (sulfide) groups is 1. The molecule has 2 atom stereocenters. The molecular formula is C8H13N3S2. The van der Waals surface area contributed by atoms with Gasteiger partial charge in [-0.2, -0.15) is 11.8 Å². The van der Waals surface area contributed by atoms with Gasteiger partial charge in [-0.1, -0.05) is 11.4 Å². The standard InChI is InChI=1S/C8H13N3S2/c1-6-7(3-2-4-12-6)10-8-5-9-11-13-8/h5-7,10H,2-4H2,1H3. The summed E-state index contributed by atoms with van der Waals surface area (Å²) >= 11 is 3.49. The van der Waals surface area contributed by atoms with Crippen LogP contribution in [0.5, 0.6) is 0 Å². The zero-order chi connectivity index (χ0) is 9.10. The average molecular weight is 215 g/mol. The van der Waals surface area contributed by atoms with Gasteiger partial charge < -0.3 is 5.32 Å². The Labute approximate surface area is 86.5 Å². The summed E-state index contributed by atoms with van der Waals surface area (Å²) in [6, 6.07) is 0.598. The first-order valence-electron chi connectivity index (χ1n) is 4.52. The van der Waals surface area contributed by atoms with Gasteiger partial charge in [0.2, 0.25) is 0 Å². The molecule has 3 nitrogen and oxygen atoms in total. The van der Waals surface area contributed by atoms with E-state index in [2.05, 4.69) is 21.8 Å². The molecule has 0 radical (unpaired) electrons. The minimum Gasteiger partial charge on any atom is -0.371 e. The third kappa shape index (κ3) is 2.34. The molecule has 13 heavy (non-hydrogen) atoms. The molecule has 1 N–H and O–H groups in total. The molecule has 1 aromatic heterocycles. The van der Waals surface area contributed by atoms with Gasteiger partial charge in [0.15, 0.2) is 0 Å². The number of rotatable bonds is 2. The van der Waals surface area contributed by atoms with Gasteiger partial charge >= 0.3 is 0 Å². The average Bonchev–Trinajstić information content (AvgIpc) is 2.61. The van der Waals surface area contributed by atoms with Crippen LogP contribution in [0.2, 0.25) is 0 Å². The van der Waals surface area contributed by atoms with E-state index in [1.54, 1.807) is 6.20 Å². The minimum atomic E-state index is 0.598.